The molecule has 0 aromatic heterocycles. The number of nitrogens with one attached hydrogen (secondary N) is 1. The Kier molecular flexibility index (Phi) is 7.45. The van der Waals surface area contributed by atoms with Crippen LogP contribution < -0.4 is 10.5 Å². The lowest BCUT2D eigenvalue weighted by molar-refractivity contribution is -0.152. The number of anilines is 1. The number of hydrogen-bond donors (Lipinski definition) is 2. The van der Waals surface area contributed by atoms with Crippen molar-refractivity contribution in [2.75, 3.05) is 25.0 Å². The zero-order chi connectivity index (χ0) is 22.3. The van der Waals surface area contributed by atoms with Crippen molar-refractivity contribution in [2.45, 2.75) is 12.8 Å². The smallest absolute Gasteiger partial charge is 0.309 e. The molecule has 3 rings (SSSR count). The maximum atomic E-state index is 12.1. The average Bonchev–Trinajstić information content (AvgIpc) is 2.77. The zero-order valence-corrected chi connectivity index (χ0v) is 17.5. The number of nitrogens with zero attached hydrogens (tertiary/aromatic N) is 3. The van der Waals surface area contributed by atoms with Crippen LogP contribution in [0.25, 0.3) is 0 Å². The number of benzene rings is 2. The van der Waals surface area contributed by atoms with Crippen molar-refractivity contribution in [3.63, 3.8) is 0 Å². The lowest BCUT2D eigenvalue weighted by Crippen LogP contribution is -2.43. The number of esters is 1. The second-order valence-corrected chi connectivity index (χ2v) is 8.50. The fourth-order valence-corrected chi connectivity index (χ4v) is 3.74. The van der Waals surface area contributed by atoms with Crippen molar-refractivity contribution < 1.29 is 22.7 Å². The molecular formula is C20H23N5O5S. The molecule has 0 bridgehead atoms. The Morgan fingerprint density at radius 1 is 1.00 bits per heavy atom. The van der Waals surface area contributed by atoms with Gasteiger partial charge in [-0.15, -0.1) is 0 Å². The van der Waals surface area contributed by atoms with Crippen molar-refractivity contribution >= 4 is 39.1 Å². The van der Waals surface area contributed by atoms with Crippen LogP contribution >= 0.6 is 0 Å². The third-order valence-corrected chi connectivity index (χ3v) is 5.77. The number of carbonyl (C=O) groups is 2. The number of ether oxygens (including phenoxy) is 1. The van der Waals surface area contributed by atoms with Crippen LogP contribution in [0.2, 0.25) is 0 Å². The molecule has 0 atom stereocenters. The van der Waals surface area contributed by atoms with E-state index >= 15 is 0 Å². The third kappa shape index (κ3) is 6.95. The topological polar surface area (TPSA) is 144 Å². The van der Waals surface area contributed by atoms with E-state index in [1.54, 1.807) is 24.3 Å². The number of rotatable bonds is 7. The van der Waals surface area contributed by atoms with Crippen molar-refractivity contribution in [3.05, 3.63) is 54.6 Å². The lowest BCUT2D eigenvalue weighted by atomic mass is 9.98. The Morgan fingerprint density at radius 3 is 2.16 bits per heavy atom. The van der Waals surface area contributed by atoms with Gasteiger partial charge in [-0.3, -0.25) is 9.59 Å². The van der Waals surface area contributed by atoms with Gasteiger partial charge in [0.1, 0.15) is 0 Å². The van der Waals surface area contributed by atoms with Gasteiger partial charge in [0.25, 0.3) is 16.1 Å². The molecule has 11 heteroatoms. The summed E-state index contributed by atoms with van der Waals surface area (Å²) < 4.78 is 28.8. The maximum Gasteiger partial charge on any atom is 0.309 e. The molecule has 164 valence electrons. The second-order valence-electron chi connectivity index (χ2n) is 6.96. The summed E-state index contributed by atoms with van der Waals surface area (Å²) in [6, 6.07) is 16.0. The first-order valence-corrected chi connectivity index (χ1v) is 11.1. The van der Waals surface area contributed by atoms with E-state index in [-0.39, 0.29) is 13.1 Å². The van der Waals surface area contributed by atoms with Crippen LogP contribution in [-0.2, 0) is 24.5 Å². The van der Waals surface area contributed by atoms with Gasteiger partial charge in [-0.2, -0.15) is 23.0 Å². The zero-order valence-electron chi connectivity index (χ0n) is 16.7. The van der Waals surface area contributed by atoms with Gasteiger partial charge in [0.15, 0.2) is 6.61 Å². The minimum absolute atomic E-state index is 0.152. The van der Waals surface area contributed by atoms with Gasteiger partial charge in [-0.05, 0) is 49.2 Å². The number of amides is 1. The molecule has 0 saturated carbocycles. The molecule has 0 spiro atoms. The Hall–Kier alpha value is -3.15. The molecule has 3 N–H and O–H groups in total. The van der Waals surface area contributed by atoms with E-state index in [2.05, 4.69) is 15.5 Å². The summed E-state index contributed by atoms with van der Waals surface area (Å²) in [6.07, 6.45) is 0.603. The summed E-state index contributed by atoms with van der Waals surface area (Å²) in [4.78, 5) is 24.2. The quantitative estimate of drug-likeness (QED) is 0.497. The minimum Gasteiger partial charge on any atom is -0.455 e. The lowest BCUT2D eigenvalue weighted by Gasteiger charge is -2.28. The summed E-state index contributed by atoms with van der Waals surface area (Å²) in [5.41, 5.74) is 1.89. The number of carbonyl (C=O) groups excluding carboxylic acids is 2. The maximum absolute atomic E-state index is 12.1. The number of piperidine rings is 1. The molecule has 31 heavy (non-hydrogen) atoms. The van der Waals surface area contributed by atoms with Crippen molar-refractivity contribution in [2.24, 2.45) is 21.3 Å². The van der Waals surface area contributed by atoms with Gasteiger partial charge in [0.2, 0.25) is 0 Å². The molecular weight excluding hydrogens is 422 g/mol. The number of nitrogens with two attached hydrogens (primary N) is 1. The van der Waals surface area contributed by atoms with E-state index in [9.17, 15) is 18.0 Å². The van der Waals surface area contributed by atoms with Gasteiger partial charge < -0.3 is 10.1 Å². The van der Waals surface area contributed by atoms with E-state index in [0.717, 1.165) is 9.99 Å². The molecule has 2 aromatic rings. The van der Waals surface area contributed by atoms with E-state index < -0.39 is 34.6 Å². The summed E-state index contributed by atoms with van der Waals surface area (Å²) in [5.74, 6) is -1.46. The van der Waals surface area contributed by atoms with Gasteiger partial charge in [0, 0.05) is 18.8 Å². The Labute approximate surface area is 180 Å². The van der Waals surface area contributed by atoms with Gasteiger partial charge in [-0.25, -0.2) is 5.14 Å². The van der Waals surface area contributed by atoms with Crippen molar-refractivity contribution in [1.29, 1.82) is 0 Å². The predicted molar refractivity (Wildman–Crippen MR) is 114 cm³/mol. The Bertz CT molecular complexity index is 1030. The van der Waals surface area contributed by atoms with Crippen molar-refractivity contribution in [1.82, 2.24) is 4.31 Å². The predicted octanol–water partition coefficient (Wildman–Crippen LogP) is 2.50. The molecule has 1 aliphatic heterocycles. The molecule has 1 saturated heterocycles. The standard InChI is InChI=1S/C20H23N5O5S/c21-31(28,29)25-12-10-15(11-13-25)20(27)30-14-19(26)22-16-6-8-18(9-7-16)24-23-17-4-2-1-3-5-17/h1-9,15H,10-14H2,(H,22,26)(H2,21,28,29). The summed E-state index contributed by atoms with van der Waals surface area (Å²) in [7, 11) is -3.75. The summed E-state index contributed by atoms with van der Waals surface area (Å²) in [5, 5.41) is 15.9. The molecule has 1 amide bonds. The highest BCUT2D eigenvalue weighted by atomic mass is 32.2. The van der Waals surface area contributed by atoms with E-state index in [0.29, 0.717) is 24.2 Å². The van der Waals surface area contributed by atoms with Crippen LogP contribution in [0.5, 0.6) is 0 Å². The van der Waals surface area contributed by atoms with Crippen LogP contribution in [0.4, 0.5) is 17.1 Å². The highest BCUT2D eigenvalue weighted by Crippen LogP contribution is 2.21. The number of azo groups is 1. The van der Waals surface area contributed by atoms with Crippen LogP contribution in [0, 0.1) is 5.92 Å². The molecule has 1 fully saturated rings. The van der Waals surface area contributed by atoms with E-state index in [1.807, 2.05) is 30.3 Å². The minimum atomic E-state index is -3.75. The Morgan fingerprint density at radius 2 is 1.58 bits per heavy atom. The van der Waals surface area contributed by atoms with Gasteiger partial charge in [-0.1, -0.05) is 18.2 Å². The first-order chi connectivity index (χ1) is 14.8. The normalized spacial score (nSPS) is 15.6. The van der Waals surface area contributed by atoms with Crippen LogP contribution in [0.3, 0.4) is 0 Å². The fourth-order valence-electron chi connectivity index (χ4n) is 3.02. The van der Waals surface area contributed by atoms with Gasteiger partial charge >= 0.3 is 5.97 Å². The van der Waals surface area contributed by atoms with E-state index in [1.165, 1.54) is 0 Å². The molecule has 0 radical (unpaired) electrons. The van der Waals surface area contributed by atoms with Crippen molar-refractivity contribution in [3.8, 4) is 0 Å². The average molecular weight is 446 g/mol. The molecule has 1 aliphatic rings. The van der Waals surface area contributed by atoms with Gasteiger partial charge in [0.05, 0.1) is 17.3 Å². The first-order valence-electron chi connectivity index (χ1n) is 9.62. The monoisotopic (exact) mass is 445 g/mol. The van der Waals surface area contributed by atoms with Crippen LogP contribution in [0.1, 0.15) is 12.8 Å². The SMILES string of the molecule is NS(=O)(=O)N1CCC(C(=O)OCC(=O)Nc2ccc(N=Nc3ccccc3)cc2)CC1. The van der Waals surface area contributed by atoms with E-state index in [4.69, 9.17) is 9.88 Å². The number of hydrogen-bond acceptors (Lipinski definition) is 7. The molecule has 0 aliphatic carbocycles. The highest BCUT2D eigenvalue weighted by molar-refractivity contribution is 7.86. The third-order valence-electron chi connectivity index (χ3n) is 4.68. The van der Waals surface area contributed by atoms with Crippen LogP contribution in [-0.4, -0.2) is 44.3 Å². The molecule has 10 nitrogen and oxygen atoms in total. The second kappa shape index (κ2) is 10.2. The summed E-state index contributed by atoms with van der Waals surface area (Å²) >= 11 is 0. The summed E-state index contributed by atoms with van der Waals surface area (Å²) in [6.45, 7) is -0.124. The molecule has 2 aromatic carbocycles. The van der Waals surface area contributed by atoms with Crippen LogP contribution in [0.15, 0.2) is 64.8 Å². The Balaban J connectivity index is 1.42. The first kappa shape index (κ1) is 22.5. The fraction of sp³-hybridized carbons (Fsp3) is 0.300. The molecule has 1 heterocycles. The largest absolute Gasteiger partial charge is 0.455 e. The highest BCUT2D eigenvalue weighted by Gasteiger charge is 2.30. The molecule has 0 unspecified atom stereocenters.